The molecule has 0 bridgehead atoms. The predicted molar refractivity (Wildman–Crippen MR) is 75.5 cm³/mol. The van der Waals surface area contributed by atoms with Gasteiger partial charge in [-0.1, -0.05) is 22.9 Å². The molecule has 0 saturated heterocycles. The summed E-state index contributed by atoms with van der Waals surface area (Å²) in [6.07, 6.45) is 0. The highest BCUT2D eigenvalue weighted by Gasteiger charge is 2.21. The molecule has 0 unspecified atom stereocenters. The van der Waals surface area contributed by atoms with Gasteiger partial charge in [-0.15, -0.1) is 0 Å². The lowest BCUT2D eigenvalue weighted by Crippen LogP contribution is -2.43. The molecule has 0 heterocycles. The molecule has 0 aromatic heterocycles. The summed E-state index contributed by atoms with van der Waals surface area (Å²) in [5.41, 5.74) is 8.18. The molecular formula is C14H21N3O2. The minimum Gasteiger partial charge on any atom is -0.409 e. The van der Waals surface area contributed by atoms with Gasteiger partial charge in [0.25, 0.3) is 5.91 Å². The topological polar surface area (TPSA) is 78.9 Å². The molecule has 5 heteroatoms. The number of rotatable bonds is 4. The van der Waals surface area contributed by atoms with E-state index in [1.165, 1.54) is 0 Å². The van der Waals surface area contributed by atoms with Crippen molar-refractivity contribution in [1.29, 1.82) is 0 Å². The number of oxime groups is 1. The van der Waals surface area contributed by atoms with Gasteiger partial charge in [0.2, 0.25) is 0 Å². The molecule has 0 spiro atoms. The van der Waals surface area contributed by atoms with Crippen LogP contribution in [0.1, 0.15) is 35.3 Å². The Kier molecular flexibility index (Phi) is 4.92. The standard InChI is InChI=1S/C14H21N3O2/c1-9(2)17(8-13(15)16-19)14(18)12-6-5-10(3)7-11(12)4/h5-7,9,19H,8H2,1-4H3,(H2,15,16). The molecule has 0 saturated carbocycles. The molecule has 104 valence electrons. The van der Waals surface area contributed by atoms with Crippen molar-refractivity contribution in [1.82, 2.24) is 4.90 Å². The fourth-order valence-electron chi connectivity index (χ4n) is 1.90. The molecule has 3 N–H and O–H groups in total. The third-order valence-electron chi connectivity index (χ3n) is 2.96. The van der Waals surface area contributed by atoms with Crippen LogP contribution >= 0.6 is 0 Å². The average Bonchev–Trinajstić information content (AvgIpc) is 2.34. The molecule has 19 heavy (non-hydrogen) atoms. The van der Waals surface area contributed by atoms with Crippen molar-refractivity contribution in [2.24, 2.45) is 10.9 Å². The van der Waals surface area contributed by atoms with Gasteiger partial charge in [-0.3, -0.25) is 4.79 Å². The smallest absolute Gasteiger partial charge is 0.254 e. The number of carbonyl (C=O) groups excluding carboxylic acids is 1. The first-order valence-electron chi connectivity index (χ1n) is 6.21. The van der Waals surface area contributed by atoms with Crippen LogP contribution in [0.25, 0.3) is 0 Å². The molecule has 0 atom stereocenters. The van der Waals surface area contributed by atoms with Crippen molar-refractivity contribution >= 4 is 11.7 Å². The van der Waals surface area contributed by atoms with Crippen molar-refractivity contribution in [2.75, 3.05) is 6.54 Å². The normalized spacial score (nSPS) is 11.7. The molecule has 0 fully saturated rings. The van der Waals surface area contributed by atoms with Crippen molar-refractivity contribution in [3.05, 3.63) is 34.9 Å². The first-order chi connectivity index (χ1) is 8.86. The van der Waals surface area contributed by atoms with Crippen molar-refractivity contribution in [2.45, 2.75) is 33.7 Å². The van der Waals surface area contributed by atoms with E-state index >= 15 is 0 Å². The van der Waals surface area contributed by atoms with Crippen molar-refractivity contribution in [3.63, 3.8) is 0 Å². The largest absolute Gasteiger partial charge is 0.409 e. The third-order valence-corrected chi connectivity index (χ3v) is 2.96. The summed E-state index contributed by atoms with van der Waals surface area (Å²) in [4.78, 5) is 14.1. The van der Waals surface area contributed by atoms with Crippen LogP contribution in [0.5, 0.6) is 0 Å². The van der Waals surface area contributed by atoms with Crippen LogP contribution in [-0.2, 0) is 0 Å². The molecule has 1 aromatic rings. The Morgan fingerprint density at radius 1 is 1.42 bits per heavy atom. The number of nitrogens with two attached hydrogens (primary N) is 1. The number of nitrogens with zero attached hydrogens (tertiary/aromatic N) is 2. The van der Waals surface area contributed by atoms with E-state index in [0.717, 1.165) is 11.1 Å². The maximum atomic E-state index is 12.5. The Labute approximate surface area is 113 Å². The van der Waals surface area contributed by atoms with Crippen LogP contribution < -0.4 is 5.73 Å². The van der Waals surface area contributed by atoms with Gasteiger partial charge in [-0.05, 0) is 39.3 Å². The number of amides is 1. The summed E-state index contributed by atoms with van der Waals surface area (Å²) in [6.45, 7) is 7.79. The fraction of sp³-hybridized carbons (Fsp3) is 0.429. The minimum atomic E-state index is -0.112. The van der Waals surface area contributed by atoms with Gasteiger partial charge in [0.05, 0.1) is 6.54 Å². The second-order valence-electron chi connectivity index (χ2n) is 4.94. The molecule has 0 radical (unpaired) electrons. The summed E-state index contributed by atoms with van der Waals surface area (Å²) in [6, 6.07) is 5.65. The Morgan fingerprint density at radius 3 is 2.53 bits per heavy atom. The second kappa shape index (κ2) is 6.22. The number of benzene rings is 1. The van der Waals surface area contributed by atoms with Crippen molar-refractivity contribution < 1.29 is 10.0 Å². The first-order valence-corrected chi connectivity index (χ1v) is 6.21. The Bertz CT molecular complexity index is 495. The van der Waals surface area contributed by atoms with Crippen LogP contribution in [0.2, 0.25) is 0 Å². The van der Waals surface area contributed by atoms with Crippen molar-refractivity contribution in [3.8, 4) is 0 Å². The highest BCUT2D eigenvalue weighted by Crippen LogP contribution is 2.14. The quantitative estimate of drug-likeness (QED) is 0.377. The van der Waals surface area contributed by atoms with Gasteiger partial charge < -0.3 is 15.8 Å². The highest BCUT2D eigenvalue weighted by molar-refractivity contribution is 5.98. The SMILES string of the molecule is Cc1ccc(C(=O)N(CC(N)=NO)C(C)C)c(C)c1. The maximum absolute atomic E-state index is 12.5. The zero-order valence-corrected chi connectivity index (χ0v) is 11.8. The van der Waals surface area contributed by atoms with Gasteiger partial charge in [0.1, 0.15) is 0 Å². The molecular weight excluding hydrogens is 242 g/mol. The highest BCUT2D eigenvalue weighted by atomic mass is 16.4. The van der Waals surface area contributed by atoms with Gasteiger partial charge >= 0.3 is 0 Å². The van der Waals surface area contributed by atoms with Gasteiger partial charge in [-0.25, -0.2) is 0 Å². The Balaban J connectivity index is 3.06. The molecule has 5 nitrogen and oxygen atoms in total. The number of carbonyl (C=O) groups is 1. The second-order valence-corrected chi connectivity index (χ2v) is 4.94. The zero-order valence-electron chi connectivity index (χ0n) is 11.8. The van der Waals surface area contributed by atoms with Crippen LogP contribution in [0.3, 0.4) is 0 Å². The first kappa shape index (κ1) is 15.0. The summed E-state index contributed by atoms with van der Waals surface area (Å²) in [7, 11) is 0. The molecule has 0 aliphatic rings. The van der Waals surface area contributed by atoms with E-state index < -0.39 is 0 Å². The average molecular weight is 263 g/mol. The molecule has 1 aromatic carbocycles. The summed E-state index contributed by atoms with van der Waals surface area (Å²) in [5, 5.41) is 11.6. The summed E-state index contributed by atoms with van der Waals surface area (Å²) in [5.74, 6) is -0.0917. The molecule has 1 amide bonds. The fourth-order valence-corrected chi connectivity index (χ4v) is 1.90. The molecule has 0 aliphatic carbocycles. The monoisotopic (exact) mass is 263 g/mol. The van der Waals surface area contributed by atoms with E-state index in [4.69, 9.17) is 10.9 Å². The lowest BCUT2D eigenvalue weighted by atomic mass is 10.0. The molecule has 1 rings (SSSR count). The molecule has 0 aliphatic heterocycles. The van der Waals surface area contributed by atoms with E-state index in [1.54, 1.807) is 4.90 Å². The van der Waals surface area contributed by atoms with Gasteiger partial charge in [0.15, 0.2) is 5.84 Å². The Morgan fingerprint density at radius 2 is 2.05 bits per heavy atom. The van der Waals surface area contributed by atoms with Gasteiger partial charge in [0, 0.05) is 11.6 Å². The lowest BCUT2D eigenvalue weighted by molar-refractivity contribution is 0.0733. The maximum Gasteiger partial charge on any atom is 0.254 e. The number of hydrogen-bond acceptors (Lipinski definition) is 3. The van der Waals surface area contributed by atoms with Crippen LogP contribution in [0.4, 0.5) is 0 Å². The van der Waals surface area contributed by atoms with E-state index in [2.05, 4.69) is 5.16 Å². The summed E-state index contributed by atoms with van der Waals surface area (Å²) >= 11 is 0. The number of amidine groups is 1. The van der Waals surface area contributed by atoms with Crippen LogP contribution in [0, 0.1) is 13.8 Å². The van der Waals surface area contributed by atoms with Crippen LogP contribution in [-0.4, -0.2) is 34.4 Å². The number of hydrogen-bond donors (Lipinski definition) is 2. The lowest BCUT2D eigenvalue weighted by Gasteiger charge is -2.26. The van der Waals surface area contributed by atoms with Gasteiger partial charge in [-0.2, -0.15) is 0 Å². The minimum absolute atomic E-state index is 0.0202. The predicted octanol–water partition coefficient (Wildman–Crippen LogP) is 1.90. The summed E-state index contributed by atoms with van der Waals surface area (Å²) < 4.78 is 0. The zero-order chi connectivity index (χ0) is 14.6. The third kappa shape index (κ3) is 3.71. The van der Waals surface area contributed by atoms with E-state index in [1.807, 2.05) is 45.9 Å². The number of aryl methyl sites for hydroxylation is 2. The van der Waals surface area contributed by atoms with E-state index in [-0.39, 0.29) is 24.3 Å². The Hall–Kier alpha value is -2.04. The van der Waals surface area contributed by atoms with E-state index in [0.29, 0.717) is 5.56 Å². The van der Waals surface area contributed by atoms with Crippen LogP contribution in [0.15, 0.2) is 23.4 Å². The van der Waals surface area contributed by atoms with E-state index in [9.17, 15) is 4.79 Å².